The van der Waals surface area contributed by atoms with E-state index in [9.17, 15) is 19.8 Å². The number of ketones is 2. The van der Waals surface area contributed by atoms with Crippen LogP contribution in [-0.4, -0.2) is 63.5 Å². The van der Waals surface area contributed by atoms with Crippen LogP contribution in [0.1, 0.15) is 38.7 Å². The lowest BCUT2D eigenvalue weighted by Crippen LogP contribution is -2.70. The summed E-state index contributed by atoms with van der Waals surface area (Å²) in [5.41, 5.74) is -4.99. The molecule has 6 nitrogen and oxygen atoms in total. The minimum Gasteiger partial charge on any atom is -0.390 e. The van der Waals surface area contributed by atoms with Gasteiger partial charge in [0.15, 0.2) is 22.8 Å². The number of rotatable bonds is 4. The second-order valence-electron chi connectivity index (χ2n) is 11.7. The maximum absolute atomic E-state index is 17.3. The number of hydroxylamine groups is 2. The molecule has 2 heterocycles. The molecular weight excluding hydrogens is 488 g/mol. The summed E-state index contributed by atoms with van der Waals surface area (Å²) in [6.07, 6.45) is 0.980. The monoisotopic (exact) mass is 519 g/mol. The van der Waals surface area contributed by atoms with E-state index >= 15 is 8.78 Å². The highest BCUT2D eigenvalue weighted by molar-refractivity contribution is 7.07. The summed E-state index contributed by atoms with van der Waals surface area (Å²) in [7, 11) is 0. The van der Waals surface area contributed by atoms with E-state index in [1.54, 1.807) is 23.3 Å². The Morgan fingerprint density at radius 3 is 2.78 bits per heavy atom. The van der Waals surface area contributed by atoms with Crippen molar-refractivity contribution in [1.29, 1.82) is 0 Å². The predicted molar refractivity (Wildman–Crippen MR) is 128 cm³/mol. The minimum absolute atomic E-state index is 0.0686. The van der Waals surface area contributed by atoms with E-state index in [-0.39, 0.29) is 30.1 Å². The van der Waals surface area contributed by atoms with Crippen molar-refractivity contribution in [2.75, 3.05) is 13.2 Å². The van der Waals surface area contributed by atoms with Crippen LogP contribution in [0.5, 0.6) is 0 Å². The fourth-order valence-electron chi connectivity index (χ4n) is 8.62. The van der Waals surface area contributed by atoms with Crippen molar-refractivity contribution < 1.29 is 33.4 Å². The molecule has 9 heteroatoms. The third kappa shape index (κ3) is 2.84. The second-order valence-corrected chi connectivity index (χ2v) is 12.4. The number of alkyl halides is 2. The number of nitrogens with zero attached hydrogens (tertiary/aromatic N) is 1. The van der Waals surface area contributed by atoms with Gasteiger partial charge in [-0.3, -0.25) is 14.4 Å². The van der Waals surface area contributed by atoms with Crippen LogP contribution in [0.2, 0.25) is 0 Å². The maximum atomic E-state index is 17.3. The number of aliphatic hydroxyl groups is 2. The smallest absolute Gasteiger partial charge is 0.192 e. The molecule has 0 radical (unpaired) electrons. The number of carbonyl (C=O) groups is 2. The molecule has 0 amide bonds. The van der Waals surface area contributed by atoms with Gasteiger partial charge < -0.3 is 10.2 Å². The Morgan fingerprint density at radius 2 is 2.08 bits per heavy atom. The number of hydrogen-bond donors (Lipinski definition) is 2. The lowest BCUT2D eigenvalue weighted by Gasteiger charge is -2.63. The molecule has 2 N–H and O–H groups in total. The molecule has 6 rings (SSSR count). The summed E-state index contributed by atoms with van der Waals surface area (Å²) in [4.78, 5) is 31.9. The summed E-state index contributed by atoms with van der Waals surface area (Å²) in [6.45, 7) is 3.57. The molecule has 1 aromatic rings. The quantitative estimate of drug-likeness (QED) is 0.635. The summed E-state index contributed by atoms with van der Waals surface area (Å²) in [6, 6.07) is 1.98. The van der Waals surface area contributed by atoms with Crippen molar-refractivity contribution in [3.63, 3.8) is 0 Å². The van der Waals surface area contributed by atoms with Crippen LogP contribution in [0.25, 0.3) is 0 Å². The Hall–Kier alpha value is -1.78. The molecule has 3 saturated carbocycles. The van der Waals surface area contributed by atoms with Gasteiger partial charge in [-0.05, 0) is 72.2 Å². The van der Waals surface area contributed by atoms with Gasteiger partial charge in [-0.2, -0.15) is 16.4 Å². The zero-order valence-corrected chi connectivity index (χ0v) is 21.1. The van der Waals surface area contributed by atoms with E-state index in [1.165, 1.54) is 18.2 Å². The molecular formula is C27H31F2NO5S. The van der Waals surface area contributed by atoms with Gasteiger partial charge in [-0.25, -0.2) is 8.78 Å². The van der Waals surface area contributed by atoms with Crippen molar-refractivity contribution in [3.05, 3.63) is 46.2 Å². The second kappa shape index (κ2) is 7.86. The molecule has 9 atom stereocenters. The Bertz CT molecular complexity index is 1170. The van der Waals surface area contributed by atoms with Crippen LogP contribution in [0.15, 0.2) is 40.6 Å². The third-order valence-corrected chi connectivity index (χ3v) is 10.9. The van der Waals surface area contributed by atoms with Crippen molar-refractivity contribution in [3.8, 4) is 0 Å². The first-order chi connectivity index (χ1) is 17.0. The Morgan fingerprint density at radius 1 is 1.31 bits per heavy atom. The summed E-state index contributed by atoms with van der Waals surface area (Å²) < 4.78 is 33.0. The van der Waals surface area contributed by atoms with Crippen LogP contribution in [-0.2, 0) is 21.0 Å². The van der Waals surface area contributed by atoms with Gasteiger partial charge in [-0.15, -0.1) is 0 Å². The minimum atomic E-state index is -2.21. The average Bonchev–Trinajstić information content (AvgIpc) is 3.53. The van der Waals surface area contributed by atoms with Crippen LogP contribution in [0.4, 0.5) is 8.78 Å². The number of carbonyl (C=O) groups excluding carboxylic acids is 2. The Labute approximate surface area is 212 Å². The standard InChI is InChI=1S/C27H31F2NO5S/c1-24-5-3-17(32)8-20(24)21(28)9-19-18-7-16-12-30(11-15-4-6-36-14-15)35-27(16,23(34)13-31)25(18,2)10-22(33)26(19,24)29/h3-6,8,14,16,18-19,21-22,31,33H,7,9-13H2,1-2H3/t16-,18-,19-,21-,22-,24-,25-,26-,27-/m0/s1. The van der Waals surface area contributed by atoms with E-state index < -0.39 is 58.6 Å². The number of allylic oxidation sites excluding steroid dienone is 4. The molecule has 0 spiro atoms. The van der Waals surface area contributed by atoms with E-state index in [0.717, 1.165) is 5.56 Å². The Balaban J connectivity index is 1.42. The highest BCUT2D eigenvalue weighted by atomic mass is 32.1. The first-order valence-corrected chi connectivity index (χ1v) is 13.5. The van der Waals surface area contributed by atoms with Gasteiger partial charge in [0, 0.05) is 35.8 Å². The number of fused-ring (bicyclic) bond motifs is 7. The van der Waals surface area contributed by atoms with Crippen LogP contribution in [0.3, 0.4) is 0 Å². The first kappa shape index (κ1) is 24.6. The fourth-order valence-corrected chi connectivity index (χ4v) is 9.28. The average molecular weight is 520 g/mol. The molecule has 1 aliphatic heterocycles. The molecule has 4 fully saturated rings. The molecule has 1 saturated heterocycles. The normalized spacial score (nSPS) is 47.7. The van der Waals surface area contributed by atoms with Gasteiger partial charge in [0.05, 0.1) is 6.10 Å². The lowest BCUT2D eigenvalue weighted by molar-refractivity contribution is -0.269. The van der Waals surface area contributed by atoms with Crippen molar-refractivity contribution in [2.45, 2.75) is 63.2 Å². The molecule has 1 aromatic heterocycles. The van der Waals surface area contributed by atoms with Crippen molar-refractivity contribution >= 4 is 22.9 Å². The van der Waals surface area contributed by atoms with E-state index in [4.69, 9.17) is 4.84 Å². The zero-order chi connectivity index (χ0) is 25.7. The van der Waals surface area contributed by atoms with E-state index in [2.05, 4.69) is 0 Å². The Kier molecular flexibility index (Phi) is 5.36. The van der Waals surface area contributed by atoms with Gasteiger partial charge in [0.2, 0.25) is 0 Å². The fraction of sp³-hybridized carbons (Fsp3) is 0.630. The molecule has 0 unspecified atom stereocenters. The van der Waals surface area contributed by atoms with Crippen LogP contribution >= 0.6 is 11.3 Å². The number of aliphatic hydroxyl groups excluding tert-OH is 2. The number of thiophene rings is 1. The summed E-state index contributed by atoms with van der Waals surface area (Å²) in [5, 5.41) is 27.2. The summed E-state index contributed by atoms with van der Waals surface area (Å²) in [5.74, 6) is -2.52. The van der Waals surface area contributed by atoms with Crippen molar-refractivity contribution in [2.24, 2.45) is 28.6 Å². The number of Topliss-reactive ketones (excluding diaryl/α,β-unsaturated/α-hetero) is 1. The third-order valence-electron chi connectivity index (χ3n) is 10.2. The summed E-state index contributed by atoms with van der Waals surface area (Å²) >= 11 is 1.56. The first-order valence-electron chi connectivity index (χ1n) is 12.6. The molecule has 4 aliphatic carbocycles. The van der Waals surface area contributed by atoms with E-state index in [1.807, 2.05) is 23.8 Å². The van der Waals surface area contributed by atoms with E-state index in [0.29, 0.717) is 19.5 Å². The number of hydrogen-bond acceptors (Lipinski definition) is 7. The molecule has 5 aliphatic rings. The molecule has 0 bridgehead atoms. The van der Waals surface area contributed by atoms with Gasteiger partial charge in [0.1, 0.15) is 12.8 Å². The van der Waals surface area contributed by atoms with Gasteiger partial charge in [0.25, 0.3) is 0 Å². The highest BCUT2D eigenvalue weighted by Crippen LogP contribution is 2.72. The van der Waals surface area contributed by atoms with Crippen molar-refractivity contribution in [1.82, 2.24) is 5.06 Å². The van der Waals surface area contributed by atoms with Gasteiger partial charge >= 0.3 is 0 Å². The molecule has 194 valence electrons. The van der Waals surface area contributed by atoms with Gasteiger partial charge in [-0.1, -0.05) is 13.0 Å². The maximum Gasteiger partial charge on any atom is 0.192 e. The zero-order valence-electron chi connectivity index (χ0n) is 20.3. The SMILES string of the molecule is C[C@]12C=CC(=O)C=C1[C@@H](F)C[C@H]1[C@@H]3C[C@H]4CN(Cc5ccsc5)O[C@@]4(C(=O)CO)[C@@]3(C)C[C@H](O)[C@@]12F. The van der Waals surface area contributed by atoms with Crippen LogP contribution in [0, 0.1) is 28.6 Å². The predicted octanol–water partition coefficient (Wildman–Crippen LogP) is 3.34. The lowest BCUT2D eigenvalue weighted by atomic mass is 9.44. The topological polar surface area (TPSA) is 87.1 Å². The largest absolute Gasteiger partial charge is 0.390 e. The number of halogens is 2. The van der Waals surface area contributed by atoms with Crippen LogP contribution < -0.4 is 0 Å². The molecule has 0 aromatic carbocycles. The highest BCUT2D eigenvalue weighted by Gasteiger charge is 2.79. The molecule has 36 heavy (non-hydrogen) atoms.